The van der Waals surface area contributed by atoms with Crippen LogP contribution in [0.3, 0.4) is 0 Å². The lowest BCUT2D eigenvalue weighted by Crippen LogP contribution is -2.25. The fourth-order valence-electron chi connectivity index (χ4n) is 2.28. The van der Waals surface area contributed by atoms with Crippen LogP contribution < -0.4 is 9.80 Å². The van der Waals surface area contributed by atoms with Gasteiger partial charge in [0.1, 0.15) is 0 Å². The Morgan fingerprint density at radius 1 is 1.24 bits per heavy atom. The van der Waals surface area contributed by atoms with Crippen molar-refractivity contribution in [2.45, 2.75) is 25.5 Å². The predicted molar refractivity (Wildman–Crippen MR) is 84.6 cm³/mol. The summed E-state index contributed by atoms with van der Waals surface area (Å²) in [5, 5.41) is 0.0580. The number of carbonyl (C=O) groups is 3. The van der Waals surface area contributed by atoms with Crippen LogP contribution in [0.4, 0.5) is 11.4 Å². The third-order valence-corrected chi connectivity index (χ3v) is 4.42. The van der Waals surface area contributed by atoms with Crippen LogP contribution in [0.1, 0.15) is 20.3 Å². The van der Waals surface area contributed by atoms with Gasteiger partial charge in [-0.3, -0.25) is 14.4 Å². The van der Waals surface area contributed by atoms with Crippen molar-refractivity contribution < 1.29 is 14.4 Å². The number of hydrogen-bond acceptors (Lipinski definition) is 4. The van der Waals surface area contributed by atoms with Crippen LogP contribution in [0.15, 0.2) is 24.3 Å². The van der Waals surface area contributed by atoms with Gasteiger partial charge < -0.3 is 9.80 Å². The standard InChI is InChI=1S/C15H18N2O3S/c1-10(18)16(3)12-4-6-13(7-5-12)17-9-14(8-15(17)20)21-11(2)19/h4-7,14H,8-9H2,1-3H3. The summed E-state index contributed by atoms with van der Waals surface area (Å²) in [6.07, 6.45) is 0.388. The molecule has 2 rings (SSSR count). The van der Waals surface area contributed by atoms with Crippen LogP contribution in [0.25, 0.3) is 0 Å². The van der Waals surface area contributed by atoms with Crippen molar-refractivity contribution in [2.24, 2.45) is 0 Å². The highest BCUT2D eigenvalue weighted by Crippen LogP contribution is 2.29. The smallest absolute Gasteiger partial charge is 0.228 e. The second kappa shape index (κ2) is 6.30. The molecule has 112 valence electrons. The predicted octanol–water partition coefficient (Wildman–Crippen LogP) is 2.05. The Kier molecular flexibility index (Phi) is 4.67. The van der Waals surface area contributed by atoms with Crippen molar-refractivity contribution in [1.82, 2.24) is 0 Å². The van der Waals surface area contributed by atoms with Crippen molar-refractivity contribution >= 4 is 40.1 Å². The van der Waals surface area contributed by atoms with E-state index in [0.29, 0.717) is 13.0 Å². The summed E-state index contributed by atoms with van der Waals surface area (Å²) in [6, 6.07) is 7.28. The highest BCUT2D eigenvalue weighted by Gasteiger charge is 2.31. The average molecular weight is 306 g/mol. The van der Waals surface area contributed by atoms with Crippen LogP contribution >= 0.6 is 11.8 Å². The van der Waals surface area contributed by atoms with E-state index in [4.69, 9.17) is 0 Å². The number of amides is 2. The number of carbonyl (C=O) groups excluding carboxylic acids is 3. The van der Waals surface area contributed by atoms with Gasteiger partial charge in [0, 0.05) is 50.5 Å². The van der Waals surface area contributed by atoms with Crippen LogP contribution in [0.2, 0.25) is 0 Å². The maximum absolute atomic E-state index is 12.0. The first-order valence-corrected chi connectivity index (χ1v) is 7.58. The molecule has 1 saturated heterocycles. The van der Waals surface area contributed by atoms with Crippen LogP contribution in [-0.2, 0) is 14.4 Å². The number of rotatable bonds is 3. The van der Waals surface area contributed by atoms with E-state index in [9.17, 15) is 14.4 Å². The van der Waals surface area contributed by atoms with Gasteiger partial charge in [-0.15, -0.1) is 0 Å². The Bertz CT molecular complexity index is 571. The molecule has 21 heavy (non-hydrogen) atoms. The van der Waals surface area contributed by atoms with Crippen molar-refractivity contribution in [2.75, 3.05) is 23.4 Å². The van der Waals surface area contributed by atoms with Crippen LogP contribution in [-0.4, -0.2) is 35.8 Å². The molecule has 0 N–H and O–H groups in total. The number of hydrogen-bond donors (Lipinski definition) is 0. The van der Waals surface area contributed by atoms with Crippen molar-refractivity contribution in [3.63, 3.8) is 0 Å². The lowest BCUT2D eigenvalue weighted by atomic mass is 10.2. The first-order valence-electron chi connectivity index (χ1n) is 6.70. The van der Waals surface area contributed by atoms with E-state index in [2.05, 4.69) is 0 Å². The lowest BCUT2D eigenvalue weighted by Gasteiger charge is -2.19. The molecule has 1 aliphatic rings. The third-order valence-electron chi connectivity index (χ3n) is 3.44. The molecule has 5 nitrogen and oxygen atoms in total. The average Bonchev–Trinajstić information content (AvgIpc) is 2.78. The highest BCUT2D eigenvalue weighted by atomic mass is 32.2. The third kappa shape index (κ3) is 3.64. The van der Waals surface area contributed by atoms with Gasteiger partial charge in [-0.1, -0.05) is 11.8 Å². The Hall–Kier alpha value is -1.82. The van der Waals surface area contributed by atoms with Crippen LogP contribution in [0.5, 0.6) is 0 Å². The number of anilines is 2. The van der Waals surface area contributed by atoms with E-state index in [1.807, 2.05) is 24.3 Å². The summed E-state index contributed by atoms with van der Waals surface area (Å²) in [4.78, 5) is 37.7. The molecule has 0 aromatic heterocycles. The minimum absolute atomic E-state index is 0.0227. The van der Waals surface area contributed by atoms with Crippen molar-refractivity contribution in [3.8, 4) is 0 Å². The van der Waals surface area contributed by atoms with E-state index in [1.54, 1.807) is 16.8 Å². The number of benzene rings is 1. The van der Waals surface area contributed by atoms with E-state index >= 15 is 0 Å². The van der Waals surface area contributed by atoms with E-state index < -0.39 is 0 Å². The lowest BCUT2D eigenvalue weighted by molar-refractivity contribution is -0.117. The summed E-state index contributed by atoms with van der Waals surface area (Å²) in [5.41, 5.74) is 1.58. The first kappa shape index (κ1) is 15.6. The molecule has 2 amide bonds. The van der Waals surface area contributed by atoms with Gasteiger partial charge in [-0.05, 0) is 24.3 Å². The molecular formula is C15H18N2O3S. The zero-order chi connectivity index (χ0) is 15.6. The normalized spacial score (nSPS) is 18.0. The zero-order valence-electron chi connectivity index (χ0n) is 12.3. The summed E-state index contributed by atoms with van der Waals surface area (Å²) in [5.74, 6) is -0.0145. The molecule has 0 saturated carbocycles. The van der Waals surface area contributed by atoms with Gasteiger partial charge in [0.15, 0.2) is 5.12 Å². The zero-order valence-corrected chi connectivity index (χ0v) is 13.1. The monoisotopic (exact) mass is 306 g/mol. The number of thioether (sulfide) groups is 1. The molecule has 1 aromatic carbocycles. The summed E-state index contributed by atoms with van der Waals surface area (Å²) < 4.78 is 0. The second-order valence-corrected chi connectivity index (χ2v) is 6.51. The Balaban J connectivity index is 2.10. The van der Waals surface area contributed by atoms with Gasteiger partial charge in [0.05, 0.1) is 0 Å². The molecule has 0 aliphatic carbocycles. The Labute approximate surface area is 128 Å². The second-order valence-electron chi connectivity index (χ2n) is 5.03. The fraction of sp³-hybridized carbons (Fsp3) is 0.400. The highest BCUT2D eigenvalue weighted by molar-refractivity contribution is 8.14. The fourth-order valence-corrected chi connectivity index (χ4v) is 3.19. The van der Waals surface area contributed by atoms with E-state index in [1.165, 1.54) is 25.6 Å². The molecular weight excluding hydrogens is 288 g/mol. The Morgan fingerprint density at radius 3 is 2.38 bits per heavy atom. The van der Waals surface area contributed by atoms with Crippen molar-refractivity contribution in [1.29, 1.82) is 0 Å². The summed E-state index contributed by atoms with van der Waals surface area (Å²) in [6.45, 7) is 3.57. The minimum Gasteiger partial charge on any atom is -0.316 e. The molecule has 1 fully saturated rings. The summed E-state index contributed by atoms with van der Waals surface area (Å²) in [7, 11) is 1.71. The molecule has 0 bridgehead atoms. The molecule has 1 atom stereocenters. The molecule has 1 heterocycles. The maximum Gasteiger partial charge on any atom is 0.228 e. The van der Waals surface area contributed by atoms with Gasteiger partial charge in [0.2, 0.25) is 11.8 Å². The van der Waals surface area contributed by atoms with Gasteiger partial charge in [-0.25, -0.2) is 0 Å². The SMILES string of the molecule is CC(=O)SC1CC(=O)N(c2ccc(N(C)C(C)=O)cc2)C1. The molecule has 0 radical (unpaired) electrons. The summed E-state index contributed by atoms with van der Waals surface area (Å²) >= 11 is 1.22. The number of nitrogens with zero attached hydrogens (tertiary/aromatic N) is 2. The van der Waals surface area contributed by atoms with Gasteiger partial charge in [-0.2, -0.15) is 0 Å². The topological polar surface area (TPSA) is 57.7 Å². The van der Waals surface area contributed by atoms with E-state index in [-0.39, 0.29) is 22.2 Å². The molecule has 1 aromatic rings. The molecule has 1 aliphatic heterocycles. The first-order chi connectivity index (χ1) is 9.88. The Morgan fingerprint density at radius 2 is 1.86 bits per heavy atom. The van der Waals surface area contributed by atoms with E-state index in [0.717, 1.165) is 11.4 Å². The largest absolute Gasteiger partial charge is 0.316 e. The minimum atomic E-state index is -0.0436. The molecule has 6 heteroatoms. The quantitative estimate of drug-likeness (QED) is 0.857. The van der Waals surface area contributed by atoms with Crippen LogP contribution in [0, 0.1) is 0 Å². The van der Waals surface area contributed by atoms with Crippen molar-refractivity contribution in [3.05, 3.63) is 24.3 Å². The van der Waals surface area contributed by atoms with Gasteiger partial charge in [0.25, 0.3) is 0 Å². The molecule has 0 spiro atoms. The maximum atomic E-state index is 12.0. The van der Waals surface area contributed by atoms with Gasteiger partial charge >= 0.3 is 0 Å². The molecule has 1 unspecified atom stereocenters.